The summed E-state index contributed by atoms with van der Waals surface area (Å²) in [6.07, 6.45) is 0.931. The number of piperidine rings is 1. The highest BCUT2D eigenvalue weighted by Crippen LogP contribution is 2.21. The maximum atomic E-state index is 13.3. The summed E-state index contributed by atoms with van der Waals surface area (Å²) >= 11 is 0. The molecule has 0 aliphatic carbocycles. The van der Waals surface area contributed by atoms with Gasteiger partial charge in [0.1, 0.15) is 11.4 Å². The minimum absolute atomic E-state index is 0.274. The fraction of sp³-hybridized carbons (Fsp3) is 0.611. The van der Waals surface area contributed by atoms with Crippen molar-refractivity contribution in [3.8, 4) is 0 Å². The molecule has 1 aliphatic rings. The van der Waals surface area contributed by atoms with E-state index in [0.29, 0.717) is 24.9 Å². The number of sulfonamides is 1. The number of nitrogens with zero attached hydrogens (tertiary/aromatic N) is 2. The van der Waals surface area contributed by atoms with Crippen molar-refractivity contribution in [1.82, 2.24) is 9.21 Å². The number of ether oxygens (including phenoxy) is 1. The van der Waals surface area contributed by atoms with E-state index in [0.717, 1.165) is 0 Å². The molecule has 1 unspecified atom stereocenters. The molecule has 1 aromatic carbocycles. The van der Waals surface area contributed by atoms with Gasteiger partial charge in [-0.15, -0.1) is 0 Å². The smallest absolute Gasteiger partial charge is 0.410 e. The Morgan fingerprint density at radius 3 is 2.69 bits per heavy atom. The van der Waals surface area contributed by atoms with Crippen LogP contribution in [0.15, 0.2) is 24.3 Å². The predicted molar refractivity (Wildman–Crippen MR) is 97.6 cm³/mol. The molecule has 6 nitrogen and oxygen atoms in total. The third kappa shape index (κ3) is 5.67. The Balaban J connectivity index is 2.05. The largest absolute Gasteiger partial charge is 0.444 e. The number of halogens is 1. The molecule has 1 aliphatic heterocycles. The van der Waals surface area contributed by atoms with Gasteiger partial charge < -0.3 is 9.64 Å². The van der Waals surface area contributed by atoms with E-state index in [-0.39, 0.29) is 18.3 Å². The zero-order valence-corrected chi connectivity index (χ0v) is 16.6. The quantitative estimate of drug-likeness (QED) is 0.798. The Labute approximate surface area is 155 Å². The van der Waals surface area contributed by atoms with Gasteiger partial charge in [0.2, 0.25) is 10.0 Å². The lowest BCUT2D eigenvalue weighted by atomic mass is 10.1. The topological polar surface area (TPSA) is 66.9 Å². The van der Waals surface area contributed by atoms with Gasteiger partial charge in [-0.25, -0.2) is 17.6 Å². The maximum Gasteiger partial charge on any atom is 0.410 e. The standard InChI is InChI=1S/C18H27FN2O4S/c1-18(2,3)25-17(22)21-10-6-9-16(12-21)20(4)26(23,24)13-14-7-5-8-15(19)11-14/h5,7-8,11,16H,6,9-10,12-13H2,1-4H3. The molecule has 0 spiro atoms. The second kappa shape index (κ2) is 7.92. The van der Waals surface area contributed by atoms with Crippen LogP contribution in [0, 0.1) is 5.82 Å². The van der Waals surface area contributed by atoms with Crippen LogP contribution in [0.5, 0.6) is 0 Å². The first-order valence-electron chi connectivity index (χ1n) is 8.66. The van der Waals surface area contributed by atoms with Crippen molar-refractivity contribution >= 4 is 16.1 Å². The Hall–Kier alpha value is -1.67. The summed E-state index contributed by atoms with van der Waals surface area (Å²) in [5, 5.41) is 0. The van der Waals surface area contributed by atoms with E-state index in [1.165, 1.54) is 29.6 Å². The second-order valence-corrected chi connectivity index (χ2v) is 9.65. The number of rotatable bonds is 4. The van der Waals surface area contributed by atoms with Gasteiger partial charge in [-0.05, 0) is 51.3 Å². The van der Waals surface area contributed by atoms with Crippen molar-refractivity contribution in [2.45, 2.75) is 51.0 Å². The molecular weight excluding hydrogens is 359 g/mol. The summed E-state index contributed by atoms with van der Waals surface area (Å²) in [6, 6.07) is 5.25. The van der Waals surface area contributed by atoms with Crippen molar-refractivity contribution in [2.24, 2.45) is 0 Å². The summed E-state index contributed by atoms with van der Waals surface area (Å²) in [5.74, 6) is -0.737. The summed E-state index contributed by atoms with van der Waals surface area (Å²) in [7, 11) is -2.11. The monoisotopic (exact) mass is 386 g/mol. The van der Waals surface area contributed by atoms with Crippen molar-refractivity contribution < 1.29 is 22.3 Å². The molecule has 1 heterocycles. The molecule has 1 amide bonds. The molecule has 1 fully saturated rings. The van der Waals surface area contributed by atoms with Gasteiger partial charge >= 0.3 is 6.09 Å². The number of benzene rings is 1. The number of carbonyl (C=O) groups excluding carboxylic acids is 1. The number of amides is 1. The molecule has 0 radical (unpaired) electrons. The van der Waals surface area contributed by atoms with Gasteiger partial charge in [-0.1, -0.05) is 12.1 Å². The van der Waals surface area contributed by atoms with Gasteiger partial charge in [0.05, 0.1) is 5.75 Å². The highest BCUT2D eigenvalue weighted by molar-refractivity contribution is 7.88. The van der Waals surface area contributed by atoms with E-state index < -0.39 is 27.5 Å². The number of carbonyl (C=O) groups is 1. The molecule has 8 heteroatoms. The number of likely N-dealkylation sites (tertiary alicyclic amines) is 1. The first kappa shape index (κ1) is 20.6. The molecule has 0 saturated carbocycles. The van der Waals surface area contributed by atoms with E-state index in [1.807, 2.05) is 0 Å². The van der Waals surface area contributed by atoms with E-state index in [4.69, 9.17) is 4.74 Å². The summed E-state index contributed by atoms with van der Waals surface area (Å²) in [6.45, 7) is 6.21. The zero-order chi connectivity index (χ0) is 19.5. The van der Waals surface area contributed by atoms with Crippen molar-refractivity contribution in [3.63, 3.8) is 0 Å². The van der Waals surface area contributed by atoms with E-state index in [2.05, 4.69) is 0 Å². The lowest BCUT2D eigenvalue weighted by molar-refractivity contribution is 0.0163. The van der Waals surface area contributed by atoms with Crippen LogP contribution < -0.4 is 0 Å². The van der Waals surface area contributed by atoms with Gasteiger partial charge in [-0.3, -0.25) is 0 Å². The zero-order valence-electron chi connectivity index (χ0n) is 15.7. The van der Waals surface area contributed by atoms with Crippen LogP contribution in [0.25, 0.3) is 0 Å². The molecular formula is C18H27FN2O4S. The number of hydrogen-bond donors (Lipinski definition) is 0. The lowest BCUT2D eigenvalue weighted by Gasteiger charge is -2.37. The number of likely N-dealkylation sites (N-methyl/N-ethyl adjacent to an activating group) is 1. The Morgan fingerprint density at radius 1 is 1.38 bits per heavy atom. The fourth-order valence-corrected chi connectivity index (χ4v) is 4.34. The van der Waals surface area contributed by atoms with Crippen LogP contribution in [0.3, 0.4) is 0 Å². The van der Waals surface area contributed by atoms with Crippen molar-refractivity contribution in [3.05, 3.63) is 35.6 Å². The van der Waals surface area contributed by atoms with Gasteiger partial charge in [0, 0.05) is 26.2 Å². The molecule has 1 saturated heterocycles. The molecule has 0 bridgehead atoms. The van der Waals surface area contributed by atoms with Gasteiger partial charge in [0.15, 0.2) is 0 Å². The third-order valence-corrected chi connectivity index (χ3v) is 6.11. The van der Waals surface area contributed by atoms with E-state index >= 15 is 0 Å². The Kier molecular flexibility index (Phi) is 6.29. The van der Waals surface area contributed by atoms with Crippen LogP contribution in [-0.2, 0) is 20.5 Å². The SMILES string of the molecule is CN(C1CCCN(C(=O)OC(C)(C)C)C1)S(=O)(=O)Cc1cccc(F)c1. The Morgan fingerprint density at radius 2 is 2.08 bits per heavy atom. The van der Waals surface area contributed by atoms with Crippen LogP contribution in [0.4, 0.5) is 9.18 Å². The van der Waals surface area contributed by atoms with Gasteiger partial charge in [-0.2, -0.15) is 4.31 Å². The normalized spacial score (nSPS) is 18.8. The van der Waals surface area contributed by atoms with Crippen molar-refractivity contribution in [1.29, 1.82) is 0 Å². The minimum Gasteiger partial charge on any atom is -0.444 e. The second-order valence-electron chi connectivity index (χ2n) is 7.62. The molecule has 2 rings (SSSR count). The lowest BCUT2D eigenvalue weighted by Crippen LogP contribution is -2.51. The molecule has 146 valence electrons. The van der Waals surface area contributed by atoms with Crippen molar-refractivity contribution in [2.75, 3.05) is 20.1 Å². The Bertz CT molecular complexity index is 746. The van der Waals surface area contributed by atoms with E-state index in [1.54, 1.807) is 31.7 Å². The fourth-order valence-electron chi connectivity index (χ4n) is 2.91. The molecule has 0 N–H and O–H groups in total. The van der Waals surface area contributed by atoms with Crippen LogP contribution in [0.2, 0.25) is 0 Å². The minimum atomic E-state index is -3.63. The van der Waals surface area contributed by atoms with E-state index in [9.17, 15) is 17.6 Å². The molecule has 1 atom stereocenters. The maximum absolute atomic E-state index is 13.3. The van der Waals surface area contributed by atoms with Crippen LogP contribution in [-0.4, -0.2) is 55.5 Å². The summed E-state index contributed by atoms with van der Waals surface area (Å²) in [4.78, 5) is 13.8. The molecule has 26 heavy (non-hydrogen) atoms. The summed E-state index contributed by atoms with van der Waals surface area (Å²) in [5.41, 5.74) is -0.198. The van der Waals surface area contributed by atoms with Crippen LogP contribution in [0.1, 0.15) is 39.2 Å². The third-order valence-electron chi connectivity index (χ3n) is 4.24. The molecule has 0 aromatic heterocycles. The predicted octanol–water partition coefficient (Wildman–Crippen LogP) is 2.99. The highest BCUT2D eigenvalue weighted by atomic mass is 32.2. The average Bonchev–Trinajstić information content (AvgIpc) is 2.52. The first-order chi connectivity index (χ1) is 12.0. The first-order valence-corrected chi connectivity index (χ1v) is 10.3. The number of hydrogen-bond acceptors (Lipinski definition) is 4. The summed E-state index contributed by atoms with van der Waals surface area (Å²) < 4.78 is 45.4. The highest BCUT2D eigenvalue weighted by Gasteiger charge is 2.33. The van der Waals surface area contributed by atoms with Gasteiger partial charge in [0.25, 0.3) is 0 Å². The average molecular weight is 386 g/mol. The van der Waals surface area contributed by atoms with Crippen LogP contribution >= 0.6 is 0 Å². The molecule has 1 aromatic rings.